The Morgan fingerprint density at radius 1 is 0.933 bits per heavy atom. The normalized spacial score (nSPS) is 12.3. The lowest BCUT2D eigenvalue weighted by Gasteiger charge is -2.28. The molecule has 1 aliphatic heterocycles. The van der Waals surface area contributed by atoms with E-state index in [1.165, 1.54) is 4.90 Å². The predicted octanol–water partition coefficient (Wildman–Crippen LogP) is -0.245. The van der Waals surface area contributed by atoms with Crippen molar-refractivity contribution in [3.63, 3.8) is 0 Å². The van der Waals surface area contributed by atoms with Crippen molar-refractivity contribution in [1.82, 2.24) is 16.2 Å². The van der Waals surface area contributed by atoms with Crippen molar-refractivity contribution >= 4 is 29.3 Å². The van der Waals surface area contributed by atoms with Crippen molar-refractivity contribution < 1.29 is 28.7 Å². The van der Waals surface area contributed by atoms with Crippen molar-refractivity contribution in [2.75, 3.05) is 31.2 Å². The van der Waals surface area contributed by atoms with E-state index in [9.17, 15) is 19.2 Å². The van der Waals surface area contributed by atoms with Crippen LogP contribution in [0.2, 0.25) is 0 Å². The minimum absolute atomic E-state index is 0.173. The molecule has 2 aromatic carbocycles. The fraction of sp³-hybridized carbons (Fsp3) is 0.200. The van der Waals surface area contributed by atoms with Crippen LogP contribution in [0.15, 0.2) is 54.6 Å². The summed E-state index contributed by atoms with van der Waals surface area (Å²) in [4.78, 5) is 48.9. The monoisotopic (exact) mass is 412 g/mol. The molecule has 156 valence electrons. The zero-order chi connectivity index (χ0) is 21.3. The maximum Gasteiger partial charge on any atom is 0.265 e. The quantitative estimate of drug-likeness (QED) is 0.539. The molecule has 4 amide bonds. The van der Waals surface area contributed by atoms with Gasteiger partial charge < -0.3 is 14.8 Å². The third kappa shape index (κ3) is 5.71. The molecule has 10 nitrogen and oxygen atoms in total. The van der Waals surface area contributed by atoms with Crippen LogP contribution in [-0.4, -0.2) is 49.9 Å². The summed E-state index contributed by atoms with van der Waals surface area (Å²) in [5.41, 5.74) is 4.86. The molecule has 3 N–H and O–H groups in total. The lowest BCUT2D eigenvalue weighted by Crippen LogP contribution is -2.51. The van der Waals surface area contributed by atoms with Crippen LogP contribution in [0.3, 0.4) is 0 Å². The molecule has 0 atom stereocenters. The number of nitrogens with zero attached hydrogens (tertiary/aromatic N) is 1. The van der Waals surface area contributed by atoms with Crippen molar-refractivity contribution in [3.05, 3.63) is 54.6 Å². The number of benzene rings is 2. The van der Waals surface area contributed by atoms with Crippen LogP contribution in [0.5, 0.6) is 11.5 Å². The number of para-hydroxylation sites is 3. The Kier molecular flexibility index (Phi) is 6.83. The Bertz CT molecular complexity index is 934. The van der Waals surface area contributed by atoms with Crippen molar-refractivity contribution in [2.45, 2.75) is 0 Å². The second-order valence-electron chi connectivity index (χ2n) is 6.21. The number of hydrogen-bond acceptors (Lipinski definition) is 6. The van der Waals surface area contributed by atoms with E-state index in [0.29, 0.717) is 17.2 Å². The second kappa shape index (κ2) is 9.92. The average molecular weight is 412 g/mol. The zero-order valence-electron chi connectivity index (χ0n) is 15.9. The summed E-state index contributed by atoms with van der Waals surface area (Å²) < 4.78 is 10.6. The minimum atomic E-state index is -0.634. The van der Waals surface area contributed by atoms with Gasteiger partial charge in [0, 0.05) is 0 Å². The lowest BCUT2D eigenvalue weighted by atomic mass is 10.2. The molecule has 2 aromatic rings. The molecule has 10 heteroatoms. The summed E-state index contributed by atoms with van der Waals surface area (Å²) in [7, 11) is 0. The molecule has 0 fully saturated rings. The van der Waals surface area contributed by atoms with Crippen molar-refractivity contribution in [1.29, 1.82) is 0 Å². The first kappa shape index (κ1) is 20.6. The smallest absolute Gasteiger partial charge is 0.265 e. The number of nitrogens with one attached hydrogen (secondary N) is 3. The molecular weight excluding hydrogens is 392 g/mol. The van der Waals surface area contributed by atoms with Gasteiger partial charge in [-0.1, -0.05) is 30.3 Å². The summed E-state index contributed by atoms with van der Waals surface area (Å²) in [5.74, 6) is -1.08. The van der Waals surface area contributed by atoms with E-state index in [1.54, 1.807) is 48.5 Å². The van der Waals surface area contributed by atoms with Crippen molar-refractivity contribution in [2.24, 2.45) is 0 Å². The molecule has 0 saturated carbocycles. The summed E-state index contributed by atoms with van der Waals surface area (Å²) in [6, 6.07) is 15.6. The maximum atomic E-state index is 12.1. The van der Waals surface area contributed by atoms with Gasteiger partial charge in [-0.25, -0.2) is 0 Å². The highest BCUT2D eigenvalue weighted by Crippen LogP contribution is 2.30. The minimum Gasteiger partial charge on any atom is -0.484 e. The van der Waals surface area contributed by atoms with E-state index in [1.807, 2.05) is 6.07 Å². The van der Waals surface area contributed by atoms with E-state index >= 15 is 0 Å². The van der Waals surface area contributed by atoms with Gasteiger partial charge in [0.25, 0.3) is 23.6 Å². The number of anilines is 1. The number of rotatable bonds is 7. The highest BCUT2D eigenvalue weighted by Gasteiger charge is 2.27. The van der Waals surface area contributed by atoms with E-state index < -0.39 is 17.7 Å². The number of ether oxygens (including phenoxy) is 2. The molecule has 30 heavy (non-hydrogen) atoms. The van der Waals surface area contributed by atoms with Gasteiger partial charge >= 0.3 is 0 Å². The summed E-state index contributed by atoms with van der Waals surface area (Å²) in [6.07, 6.45) is 0. The maximum absolute atomic E-state index is 12.1. The first-order valence-electron chi connectivity index (χ1n) is 9.07. The third-order valence-corrected chi connectivity index (χ3v) is 4.01. The van der Waals surface area contributed by atoms with E-state index in [0.717, 1.165) is 0 Å². The standard InChI is InChI=1S/C20H20N4O6/c25-17(10-21-19(27)12-29-14-6-2-1-3-7-14)22-23-18(26)11-24-15-8-4-5-9-16(15)30-13-20(24)28/h1-9H,10-13H2,(H,21,27)(H,22,25)(H,23,26). The molecule has 0 spiro atoms. The zero-order valence-corrected chi connectivity index (χ0v) is 15.9. The highest BCUT2D eigenvalue weighted by atomic mass is 16.5. The largest absolute Gasteiger partial charge is 0.484 e. The summed E-state index contributed by atoms with van der Waals surface area (Å²) in [6.45, 7) is -1.07. The van der Waals surface area contributed by atoms with Gasteiger partial charge in [-0.2, -0.15) is 0 Å². The second-order valence-corrected chi connectivity index (χ2v) is 6.21. The van der Waals surface area contributed by atoms with E-state index in [2.05, 4.69) is 16.2 Å². The molecule has 0 saturated heterocycles. The highest BCUT2D eigenvalue weighted by molar-refractivity contribution is 6.02. The molecule has 3 rings (SSSR count). The van der Waals surface area contributed by atoms with Gasteiger partial charge in [0.1, 0.15) is 18.0 Å². The average Bonchev–Trinajstić information content (AvgIpc) is 2.77. The van der Waals surface area contributed by atoms with Crippen LogP contribution in [-0.2, 0) is 19.2 Å². The van der Waals surface area contributed by atoms with E-state index in [4.69, 9.17) is 9.47 Å². The molecule has 1 heterocycles. The van der Waals surface area contributed by atoms with Crippen LogP contribution in [0, 0.1) is 0 Å². The van der Waals surface area contributed by atoms with Crippen molar-refractivity contribution in [3.8, 4) is 11.5 Å². The molecular formula is C20H20N4O6. The van der Waals surface area contributed by atoms with E-state index in [-0.39, 0.29) is 32.2 Å². The number of carbonyl (C=O) groups excluding carboxylic acids is 4. The van der Waals surface area contributed by atoms with Crippen LogP contribution in [0.25, 0.3) is 0 Å². The number of hydrazine groups is 1. The number of hydrogen-bond donors (Lipinski definition) is 3. The molecule has 0 aromatic heterocycles. The molecule has 0 radical (unpaired) electrons. The molecule has 0 aliphatic carbocycles. The topological polar surface area (TPSA) is 126 Å². The number of carbonyl (C=O) groups is 4. The SMILES string of the molecule is O=C(COc1ccccc1)NCC(=O)NNC(=O)CN1C(=O)COc2ccccc21. The Labute approximate surface area is 172 Å². The van der Waals surface area contributed by atoms with Gasteiger partial charge in [0.15, 0.2) is 13.2 Å². The first-order valence-corrected chi connectivity index (χ1v) is 9.07. The number of fused-ring (bicyclic) bond motifs is 1. The van der Waals surface area contributed by atoms with Gasteiger partial charge in [-0.05, 0) is 24.3 Å². The molecule has 0 unspecified atom stereocenters. The Hall–Kier alpha value is -4.08. The van der Waals surface area contributed by atoms with Crippen LogP contribution in [0.1, 0.15) is 0 Å². The fourth-order valence-electron chi connectivity index (χ4n) is 2.59. The third-order valence-electron chi connectivity index (χ3n) is 4.01. The predicted molar refractivity (Wildman–Crippen MR) is 106 cm³/mol. The van der Waals surface area contributed by atoms with Crippen LogP contribution < -0.4 is 30.5 Å². The van der Waals surface area contributed by atoms with Gasteiger partial charge in [-0.15, -0.1) is 0 Å². The van der Waals surface area contributed by atoms with Gasteiger partial charge in [-0.3, -0.25) is 34.9 Å². The van der Waals surface area contributed by atoms with Gasteiger partial charge in [0.05, 0.1) is 12.2 Å². The summed E-state index contributed by atoms with van der Waals surface area (Å²) in [5, 5.41) is 2.37. The Morgan fingerprint density at radius 3 is 2.43 bits per heavy atom. The molecule has 1 aliphatic rings. The van der Waals surface area contributed by atoms with Crippen LogP contribution >= 0.6 is 0 Å². The fourth-order valence-corrected chi connectivity index (χ4v) is 2.59. The Balaban J connectivity index is 1.38. The van der Waals surface area contributed by atoms with Gasteiger partial charge in [0.2, 0.25) is 0 Å². The molecule has 0 bridgehead atoms. The first-order chi connectivity index (χ1) is 14.5. The number of amides is 4. The lowest BCUT2D eigenvalue weighted by molar-refractivity contribution is -0.130. The Morgan fingerprint density at radius 2 is 1.63 bits per heavy atom. The summed E-state index contributed by atoms with van der Waals surface area (Å²) >= 11 is 0. The van der Waals surface area contributed by atoms with Crippen LogP contribution in [0.4, 0.5) is 5.69 Å².